The lowest BCUT2D eigenvalue weighted by atomic mass is 10.2. The molecular weight excluding hydrogens is 276 g/mol. The lowest BCUT2D eigenvalue weighted by Crippen LogP contribution is -2.15. The Morgan fingerprint density at radius 1 is 1.30 bits per heavy atom. The second kappa shape index (κ2) is 9.78. The van der Waals surface area contributed by atoms with Gasteiger partial charge in [0.15, 0.2) is 0 Å². The summed E-state index contributed by atoms with van der Waals surface area (Å²) in [6, 6.07) is 6.79. The number of carbonyl (C=O) groups excluding carboxylic acids is 1. The van der Waals surface area contributed by atoms with E-state index in [2.05, 4.69) is 6.92 Å². The van der Waals surface area contributed by atoms with E-state index >= 15 is 0 Å². The summed E-state index contributed by atoms with van der Waals surface area (Å²) in [5, 5.41) is 0.538. The van der Waals surface area contributed by atoms with Crippen molar-refractivity contribution in [3.05, 3.63) is 34.9 Å². The zero-order valence-electron chi connectivity index (χ0n) is 12.2. The third-order valence-corrected chi connectivity index (χ3v) is 3.15. The summed E-state index contributed by atoms with van der Waals surface area (Å²) in [6.07, 6.45) is 3.83. The van der Waals surface area contributed by atoms with E-state index in [9.17, 15) is 4.79 Å². The average molecular weight is 299 g/mol. The number of benzene rings is 1. The molecule has 0 aliphatic carbocycles. The highest BCUT2D eigenvalue weighted by atomic mass is 35.5. The largest absolute Gasteiger partial charge is 0.459 e. The van der Waals surface area contributed by atoms with E-state index in [0.29, 0.717) is 10.6 Å². The minimum absolute atomic E-state index is 0.115. The second-order valence-corrected chi connectivity index (χ2v) is 5.27. The van der Waals surface area contributed by atoms with Crippen LogP contribution >= 0.6 is 11.6 Å². The van der Waals surface area contributed by atoms with Crippen molar-refractivity contribution in [1.82, 2.24) is 0 Å². The van der Waals surface area contributed by atoms with Crippen LogP contribution in [-0.4, -0.2) is 25.3 Å². The molecule has 0 aliphatic rings. The smallest absolute Gasteiger partial charge is 0.338 e. The highest BCUT2D eigenvalue weighted by Crippen LogP contribution is 2.13. The van der Waals surface area contributed by atoms with Crippen molar-refractivity contribution < 1.29 is 14.3 Å². The molecule has 1 rings (SSSR count). The first kappa shape index (κ1) is 17.0. The molecule has 0 radical (unpaired) electrons. The van der Waals surface area contributed by atoms with Crippen LogP contribution in [0.4, 0.5) is 0 Å². The van der Waals surface area contributed by atoms with Gasteiger partial charge in [-0.05, 0) is 44.4 Å². The summed E-state index contributed by atoms with van der Waals surface area (Å²) < 4.78 is 10.8. The first-order valence-corrected chi connectivity index (χ1v) is 7.55. The van der Waals surface area contributed by atoms with Crippen LogP contribution in [0.5, 0.6) is 0 Å². The third-order valence-electron chi connectivity index (χ3n) is 2.91. The van der Waals surface area contributed by atoms with Crippen molar-refractivity contribution in [3.8, 4) is 0 Å². The highest BCUT2D eigenvalue weighted by Gasteiger charge is 2.12. The van der Waals surface area contributed by atoms with Crippen LogP contribution in [0.3, 0.4) is 0 Å². The van der Waals surface area contributed by atoms with E-state index < -0.39 is 0 Å². The minimum atomic E-state index is -0.327. The van der Waals surface area contributed by atoms with Gasteiger partial charge in [-0.15, -0.1) is 0 Å². The average Bonchev–Trinajstić information content (AvgIpc) is 2.42. The van der Waals surface area contributed by atoms with Gasteiger partial charge in [0.05, 0.1) is 11.7 Å². The molecule has 0 heterocycles. The van der Waals surface area contributed by atoms with Gasteiger partial charge in [0.25, 0.3) is 0 Å². The number of halogens is 1. The maximum atomic E-state index is 11.9. The van der Waals surface area contributed by atoms with Gasteiger partial charge < -0.3 is 9.47 Å². The van der Waals surface area contributed by atoms with Gasteiger partial charge in [-0.25, -0.2) is 4.79 Å². The van der Waals surface area contributed by atoms with Gasteiger partial charge in [-0.2, -0.15) is 0 Å². The normalized spacial score (nSPS) is 12.2. The molecule has 0 saturated heterocycles. The summed E-state index contributed by atoms with van der Waals surface area (Å²) in [4.78, 5) is 11.9. The molecule has 1 aromatic rings. The van der Waals surface area contributed by atoms with Crippen molar-refractivity contribution in [3.63, 3.8) is 0 Å². The predicted molar refractivity (Wildman–Crippen MR) is 81.3 cm³/mol. The zero-order valence-corrected chi connectivity index (χ0v) is 13.0. The third kappa shape index (κ3) is 6.92. The Morgan fingerprint density at radius 2 is 2.05 bits per heavy atom. The van der Waals surface area contributed by atoms with Crippen LogP contribution in [-0.2, 0) is 9.47 Å². The van der Waals surface area contributed by atoms with Crippen LogP contribution in [0.2, 0.25) is 5.02 Å². The number of hydrogen-bond donors (Lipinski definition) is 0. The first-order valence-electron chi connectivity index (χ1n) is 7.17. The Kier molecular flexibility index (Phi) is 8.31. The standard InChI is InChI=1S/C16H23ClO3/c1-3-4-10-19-11-6-7-13(2)20-16(18)14-8-5-9-15(17)12-14/h5,8-9,12-13H,3-4,6-7,10-11H2,1-2H3. The van der Waals surface area contributed by atoms with Crippen molar-refractivity contribution >= 4 is 17.6 Å². The van der Waals surface area contributed by atoms with Crippen LogP contribution in [0.25, 0.3) is 0 Å². The van der Waals surface area contributed by atoms with E-state index in [1.54, 1.807) is 24.3 Å². The second-order valence-electron chi connectivity index (χ2n) is 4.83. The molecule has 0 spiro atoms. The van der Waals surface area contributed by atoms with E-state index in [1.807, 2.05) is 6.92 Å². The van der Waals surface area contributed by atoms with Gasteiger partial charge in [-0.3, -0.25) is 0 Å². The van der Waals surface area contributed by atoms with Crippen molar-refractivity contribution in [2.75, 3.05) is 13.2 Å². The molecule has 0 fully saturated rings. The van der Waals surface area contributed by atoms with Crippen LogP contribution in [0, 0.1) is 0 Å². The molecule has 0 amide bonds. The van der Waals surface area contributed by atoms with Crippen molar-refractivity contribution in [1.29, 1.82) is 0 Å². The van der Waals surface area contributed by atoms with E-state index in [1.165, 1.54) is 0 Å². The fraction of sp³-hybridized carbons (Fsp3) is 0.562. The van der Waals surface area contributed by atoms with Gasteiger partial charge in [0, 0.05) is 18.2 Å². The summed E-state index contributed by atoms with van der Waals surface area (Å²) in [5.41, 5.74) is 0.489. The van der Waals surface area contributed by atoms with Crippen molar-refractivity contribution in [2.24, 2.45) is 0 Å². The van der Waals surface area contributed by atoms with Crippen LogP contribution in [0.15, 0.2) is 24.3 Å². The summed E-state index contributed by atoms with van der Waals surface area (Å²) in [5.74, 6) is -0.327. The van der Waals surface area contributed by atoms with E-state index in [4.69, 9.17) is 21.1 Å². The minimum Gasteiger partial charge on any atom is -0.459 e. The highest BCUT2D eigenvalue weighted by molar-refractivity contribution is 6.30. The summed E-state index contributed by atoms with van der Waals surface area (Å²) in [7, 11) is 0. The molecule has 20 heavy (non-hydrogen) atoms. The Bertz CT molecular complexity index is 406. The quantitative estimate of drug-likeness (QED) is 0.498. The Morgan fingerprint density at radius 3 is 2.75 bits per heavy atom. The summed E-state index contributed by atoms with van der Waals surface area (Å²) >= 11 is 5.85. The molecule has 0 aromatic heterocycles. The molecule has 0 saturated carbocycles. The van der Waals surface area contributed by atoms with Crippen LogP contribution < -0.4 is 0 Å². The Balaban J connectivity index is 2.21. The molecule has 1 unspecified atom stereocenters. The van der Waals surface area contributed by atoms with Gasteiger partial charge in [0.2, 0.25) is 0 Å². The number of esters is 1. The molecule has 3 nitrogen and oxygen atoms in total. The maximum absolute atomic E-state index is 11.9. The lowest BCUT2D eigenvalue weighted by Gasteiger charge is -2.13. The van der Waals surface area contributed by atoms with Crippen molar-refractivity contribution in [2.45, 2.75) is 45.6 Å². The fourth-order valence-corrected chi connectivity index (χ4v) is 1.94. The predicted octanol–water partition coefficient (Wildman–Crippen LogP) is 4.48. The van der Waals surface area contributed by atoms with Gasteiger partial charge >= 0.3 is 5.97 Å². The van der Waals surface area contributed by atoms with Gasteiger partial charge in [0.1, 0.15) is 0 Å². The molecule has 0 N–H and O–H groups in total. The molecule has 0 bridgehead atoms. The Labute approximate surface area is 126 Å². The SMILES string of the molecule is CCCCOCCCC(C)OC(=O)c1cccc(Cl)c1. The number of carbonyl (C=O) groups is 1. The molecule has 0 aliphatic heterocycles. The number of hydrogen-bond acceptors (Lipinski definition) is 3. The molecule has 1 atom stereocenters. The topological polar surface area (TPSA) is 35.5 Å². The molecular formula is C16H23ClO3. The molecule has 4 heteroatoms. The fourth-order valence-electron chi connectivity index (χ4n) is 1.75. The Hall–Kier alpha value is -1.06. The van der Waals surface area contributed by atoms with Gasteiger partial charge in [-0.1, -0.05) is 31.0 Å². The number of ether oxygens (including phenoxy) is 2. The molecule has 1 aromatic carbocycles. The zero-order chi connectivity index (χ0) is 14.8. The van der Waals surface area contributed by atoms with E-state index in [0.717, 1.165) is 38.9 Å². The maximum Gasteiger partial charge on any atom is 0.338 e. The summed E-state index contributed by atoms with van der Waals surface area (Å²) in [6.45, 7) is 5.57. The molecule has 112 valence electrons. The number of unbranched alkanes of at least 4 members (excludes halogenated alkanes) is 1. The number of rotatable bonds is 9. The first-order chi connectivity index (χ1) is 9.63. The van der Waals surface area contributed by atoms with E-state index in [-0.39, 0.29) is 12.1 Å². The lowest BCUT2D eigenvalue weighted by molar-refractivity contribution is 0.0294. The van der Waals surface area contributed by atoms with Crippen LogP contribution in [0.1, 0.15) is 49.9 Å². The monoisotopic (exact) mass is 298 g/mol.